The van der Waals surface area contributed by atoms with E-state index in [9.17, 15) is 4.79 Å². The van der Waals surface area contributed by atoms with Crippen molar-refractivity contribution in [3.8, 4) is 5.75 Å². The highest BCUT2D eigenvalue weighted by Gasteiger charge is 2.20. The van der Waals surface area contributed by atoms with E-state index in [4.69, 9.17) is 4.74 Å². The van der Waals surface area contributed by atoms with Gasteiger partial charge in [0, 0.05) is 37.5 Å². The standard InChI is InChI=1S/C21H28N4O2S.HI/c1-3-22-21(24-14-16-4-6-18(27-2)7-5-16)23-11-8-20(26)25-12-9-19-17(15-25)10-13-28-19;/h4-7,10,13H,3,8-9,11-12,14-15H2,1-2H3,(H2,22,23,24);1H. The van der Waals surface area contributed by atoms with Crippen LogP contribution in [0.5, 0.6) is 5.75 Å². The number of ether oxygens (including phenoxy) is 1. The fraction of sp³-hybridized carbons (Fsp3) is 0.429. The third kappa shape index (κ3) is 6.88. The number of halogens is 1. The summed E-state index contributed by atoms with van der Waals surface area (Å²) in [5.74, 6) is 1.75. The van der Waals surface area contributed by atoms with Crippen molar-refractivity contribution in [2.75, 3.05) is 26.7 Å². The lowest BCUT2D eigenvalue weighted by atomic mass is 10.1. The Bertz CT molecular complexity index is 807. The second-order valence-electron chi connectivity index (χ2n) is 6.65. The number of hydrogen-bond donors (Lipinski definition) is 2. The highest BCUT2D eigenvalue weighted by Crippen LogP contribution is 2.24. The van der Waals surface area contributed by atoms with Gasteiger partial charge in [-0.15, -0.1) is 35.3 Å². The Balaban J connectivity index is 0.00000300. The molecule has 29 heavy (non-hydrogen) atoms. The number of amides is 1. The Kier molecular flexibility index (Phi) is 9.72. The number of hydrogen-bond acceptors (Lipinski definition) is 4. The lowest BCUT2D eigenvalue weighted by molar-refractivity contribution is -0.131. The number of nitrogens with one attached hydrogen (secondary N) is 2. The number of methoxy groups -OCH3 is 1. The number of fused-ring (bicyclic) bond motifs is 1. The molecule has 0 bridgehead atoms. The molecular weight excluding hydrogens is 499 g/mol. The van der Waals surface area contributed by atoms with Crippen molar-refractivity contribution < 1.29 is 9.53 Å². The molecule has 1 aromatic heterocycles. The SMILES string of the molecule is CCNC(=NCc1ccc(OC)cc1)NCCC(=O)N1CCc2sccc2C1.I. The normalized spacial score (nSPS) is 13.3. The minimum absolute atomic E-state index is 0. The minimum atomic E-state index is 0. The van der Waals surface area contributed by atoms with E-state index in [1.54, 1.807) is 18.4 Å². The number of carbonyl (C=O) groups is 1. The number of carbonyl (C=O) groups excluding carboxylic acids is 1. The van der Waals surface area contributed by atoms with Crippen molar-refractivity contribution in [1.82, 2.24) is 15.5 Å². The molecule has 0 spiro atoms. The molecule has 0 saturated heterocycles. The van der Waals surface area contributed by atoms with E-state index in [1.807, 2.05) is 36.1 Å². The molecule has 0 radical (unpaired) electrons. The smallest absolute Gasteiger partial charge is 0.224 e. The maximum Gasteiger partial charge on any atom is 0.224 e. The second kappa shape index (κ2) is 12.0. The van der Waals surface area contributed by atoms with Crippen LogP contribution in [-0.4, -0.2) is 43.5 Å². The molecule has 0 aliphatic carbocycles. The molecule has 6 nitrogen and oxygen atoms in total. The van der Waals surface area contributed by atoms with E-state index in [2.05, 4.69) is 27.1 Å². The van der Waals surface area contributed by atoms with E-state index in [-0.39, 0.29) is 29.9 Å². The van der Waals surface area contributed by atoms with Crippen LogP contribution in [0.15, 0.2) is 40.7 Å². The topological polar surface area (TPSA) is 66.0 Å². The average molecular weight is 528 g/mol. The van der Waals surface area contributed by atoms with Crippen LogP contribution in [0, 0.1) is 0 Å². The summed E-state index contributed by atoms with van der Waals surface area (Å²) in [6.07, 6.45) is 1.44. The summed E-state index contributed by atoms with van der Waals surface area (Å²) >= 11 is 1.79. The number of aliphatic imine (C=N–C) groups is 1. The molecule has 2 N–H and O–H groups in total. The van der Waals surface area contributed by atoms with Gasteiger partial charge >= 0.3 is 0 Å². The Hall–Kier alpha value is -1.81. The van der Waals surface area contributed by atoms with Gasteiger partial charge in [-0.25, -0.2) is 4.99 Å². The van der Waals surface area contributed by atoms with Gasteiger partial charge in [0.25, 0.3) is 0 Å². The summed E-state index contributed by atoms with van der Waals surface area (Å²) in [5, 5.41) is 8.61. The van der Waals surface area contributed by atoms with Gasteiger partial charge in [-0.3, -0.25) is 4.79 Å². The summed E-state index contributed by atoms with van der Waals surface area (Å²) in [6, 6.07) is 10.0. The number of guanidine groups is 1. The Morgan fingerprint density at radius 1 is 1.24 bits per heavy atom. The minimum Gasteiger partial charge on any atom is -0.497 e. The fourth-order valence-corrected chi connectivity index (χ4v) is 4.04. The van der Waals surface area contributed by atoms with Gasteiger partial charge in [0.15, 0.2) is 5.96 Å². The van der Waals surface area contributed by atoms with Crippen LogP contribution in [0.1, 0.15) is 29.3 Å². The monoisotopic (exact) mass is 528 g/mol. The maximum absolute atomic E-state index is 12.5. The van der Waals surface area contributed by atoms with Crippen LogP contribution in [0.25, 0.3) is 0 Å². The van der Waals surface area contributed by atoms with Crippen LogP contribution >= 0.6 is 35.3 Å². The van der Waals surface area contributed by atoms with E-state index in [0.29, 0.717) is 19.5 Å². The van der Waals surface area contributed by atoms with Crippen molar-refractivity contribution in [3.05, 3.63) is 51.7 Å². The lowest BCUT2D eigenvalue weighted by Crippen LogP contribution is -2.41. The van der Waals surface area contributed by atoms with Gasteiger partial charge in [0.05, 0.1) is 13.7 Å². The highest BCUT2D eigenvalue weighted by molar-refractivity contribution is 14.0. The van der Waals surface area contributed by atoms with Gasteiger partial charge in [-0.05, 0) is 48.1 Å². The average Bonchev–Trinajstić information content (AvgIpc) is 3.20. The highest BCUT2D eigenvalue weighted by atomic mass is 127. The molecule has 1 aromatic carbocycles. The van der Waals surface area contributed by atoms with E-state index >= 15 is 0 Å². The van der Waals surface area contributed by atoms with Crippen molar-refractivity contribution in [2.45, 2.75) is 32.9 Å². The maximum atomic E-state index is 12.5. The first-order chi connectivity index (χ1) is 13.7. The Labute approximate surface area is 193 Å². The molecular formula is C21H29IN4O2S. The quantitative estimate of drug-likeness (QED) is 0.329. The molecule has 0 unspecified atom stereocenters. The molecule has 0 saturated carbocycles. The van der Waals surface area contributed by atoms with Gasteiger partial charge in [0.1, 0.15) is 5.75 Å². The summed E-state index contributed by atoms with van der Waals surface area (Å²) < 4.78 is 5.18. The summed E-state index contributed by atoms with van der Waals surface area (Å²) in [6.45, 7) is 5.50. The molecule has 2 aromatic rings. The van der Waals surface area contributed by atoms with Crippen molar-refractivity contribution in [3.63, 3.8) is 0 Å². The van der Waals surface area contributed by atoms with Gasteiger partial charge in [-0.1, -0.05) is 12.1 Å². The fourth-order valence-electron chi connectivity index (χ4n) is 3.15. The first-order valence-electron chi connectivity index (χ1n) is 9.67. The zero-order valence-corrected chi connectivity index (χ0v) is 20.1. The molecule has 0 atom stereocenters. The summed E-state index contributed by atoms with van der Waals surface area (Å²) in [5.41, 5.74) is 2.40. The van der Waals surface area contributed by atoms with E-state index in [1.165, 1.54) is 10.4 Å². The molecule has 2 heterocycles. The zero-order chi connectivity index (χ0) is 19.8. The van der Waals surface area contributed by atoms with Gasteiger partial charge in [-0.2, -0.15) is 0 Å². The van der Waals surface area contributed by atoms with E-state index in [0.717, 1.165) is 43.3 Å². The Morgan fingerprint density at radius 3 is 2.76 bits per heavy atom. The third-order valence-electron chi connectivity index (χ3n) is 4.71. The van der Waals surface area contributed by atoms with Crippen LogP contribution in [0.4, 0.5) is 0 Å². The first kappa shape index (κ1) is 23.5. The predicted octanol–water partition coefficient (Wildman–Crippen LogP) is 3.40. The van der Waals surface area contributed by atoms with Crippen LogP contribution in [0.2, 0.25) is 0 Å². The van der Waals surface area contributed by atoms with Crippen molar-refractivity contribution in [2.24, 2.45) is 4.99 Å². The molecule has 1 aliphatic rings. The van der Waals surface area contributed by atoms with Crippen molar-refractivity contribution >= 4 is 47.2 Å². The second-order valence-corrected chi connectivity index (χ2v) is 7.65. The van der Waals surface area contributed by atoms with E-state index < -0.39 is 0 Å². The summed E-state index contributed by atoms with van der Waals surface area (Å²) in [4.78, 5) is 20.5. The lowest BCUT2D eigenvalue weighted by Gasteiger charge is -2.27. The van der Waals surface area contributed by atoms with Crippen LogP contribution in [-0.2, 0) is 24.3 Å². The zero-order valence-electron chi connectivity index (χ0n) is 16.9. The van der Waals surface area contributed by atoms with Crippen LogP contribution < -0.4 is 15.4 Å². The number of thiophene rings is 1. The van der Waals surface area contributed by atoms with Crippen LogP contribution in [0.3, 0.4) is 0 Å². The first-order valence-corrected chi connectivity index (χ1v) is 10.6. The Morgan fingerprint density at radius 2 is 2.03 bits per heavy atom. The molecule has 8 heteroatoms. The third-order valence-corrected chi connectivity index (χ3v) is 5.74. The molecule has 0 fully saturated rings. The summed E-state index contributed by atoms with van der Waals surface area (Å²) in [7, 11) is 1.66. The van der Waals surface area contributed by atoms with Gasteiger partial charge in [0.2, 0.25) is 5.91 Å². The largest absolute Gasteiger partial charge is 0.497 e. The van der Waals surface area contributed by atoms with Crippen molar-refractivity contribution in [1.29, 1.82) is 0 Å². The number of nitrogens with zero attached hydrogens (tertiary/aromatic N) is 2. The molecule has 3 rings (SSSR count). The predicted molar refractivity (Wildman–Crippen MR) is 129 cm³/mol. The van der Waals surface area contributed by atoms with Gasteiger partial charge < -0.3 is 20.3 Å². The molecule has 1 amide bonds. The molecule has 158 valence electrons. The molecule has 1 aliphatic heterocycles. The number of benzene rings is 1. The number of rotatable bonds is 7.